The Hall–Kier alpha value is -2.27. The predicted molar refractivity (Wildman–Crippen MR) is 101 cm³/mol. The molecule has 0 radical (unpaired) electrons. The zero-order valence-electron chi connectivity index (χ0n) is 13.9. The second-order valence-corrected chi connectivity index (χ2v) is 6.52. The van der Waals surface area contributed by atoms with Crippen molar-refractivity contribution in [3.63, 3.8) is 0 Å². The highest BCUT2D eigenvalue weighted by Gasteiger charge is 2.21. The number of nitrogens with one attached hydrogen (secondary N) is 2. The van der Waals surface area contributed by atoms with Gasteiger partial charge in [-0.25, -0.2) is 0 Å². The first kappa shape index (κ1) is 18.1. The first-order valence-electron chi connectivity index (χ1n) is 7.82. The fraction of sp³-hybridized carbons (Fsp3) is 0.263. The summed E-state index contributed by atoms with van der Waals surface area (Å²) in [6.45, 7) is 1.97. The molecule has 0 aromatic heterocycles. The molecule has 2 amide bonds. The Balaban J connectivity index is 2.06. The van der Waals surface area contributed by atoms with Crippen molar-refractivity contribution in [2.24, 2.45) is 0 Å². The van der Waals surface area contributed by atoms with Gasteiger partial charge in [0, 0.05) is 11.3 Å². The van der Waals surface area contributed by atoms with Gasteiger partial charge >= 0.3 is 0 Å². The number of hydrogen-bond acceptors (Lipinski definition) is 3. The van der Waals surface area contributed by atoms with E-state index in [4.69, 9.17) is 0 Å². The van der Waals surface area contributed by atoms with Crippen LogP contribution in [-0.2, 0) is 4.79 Å². The van der Waals surface area contributed by atoms with E-state index in [1.54, 1.807) is 36.0 Å². The lowest BCUT2D eigenvalue weighted by molar-refractivity contribution is -0.118. The van der Waals surface area contributed by atoms with Crippen molar-refractivity contribution in [1.29, 1.82) is 0 Å². The molecule has 2 rings (SSSR count). The molecule has 4 nitrogen and oxygen atoms in total. The summed E-state index contributed by atoms with van der Waals surface area (Å²) < 4.78 is 0. The summed E-state index contributed by atoms with van der Waals surface area (Å²) in [6, 6.07) is 16.0. The molecule has 2 N–H and O–H groups in total. The van der Waals surface area contributed by atoms with Gasteiger partial charge < -0.3 is 10.6 Å². The van der Waals surface area contributed by atoms with Crippen LogP contribution in [0.4, 0.5) is 5.69 Å². The van der Waals surface area contributed by atoms with E-state index in [2.05, 4.69) is 10.6 Å². The molecule has 24 heavy (non-hydrogen) atoms. The van der Waals surface area contributed by atoms with Crippen LogP contribution >= 0.6 is 11.8 Å². The minimum Gasteiger partial charge on any atom is -0.340 e. The van der Waals surface area contributed by atoms with E-state index in [-0.39, 0.29) is 11.8 Å². The van der Waals surface area contributed by atoms with Crippen LogP contribution in [0.5, 0.6) is 0 Å². The minimum atomic E-state index is -0.564. The third kappa shape index (κ3) is 5.42. The molecule has 0 unspecified atom stereocenters. The van der Waals surface area contributed by atoms with Gasteiger partial charge in [0.25, 0.3) is 5.91 Å². The maximum atomic E-state index is 12.6. The van der Waals surface area contributed by atoms with Gasteiger partial charge in [-0.3, -0.25) is 9.59 Å². The van der Waals surface area contributed by atoms with E-state index < -0.39 is 6.04 Å². The summed E-state index contributed by atoms with van der Waals surface area (Å²) in [7, 11) is 0. The summed E-state index contributed by atoms with van der Waals surface area (Å²) in [5.74, 6) is 0.362. The molecule has 0 heterocycles. The molecule has 0 fully saturated rings. The Bertz CT molecular complexity index is 689. The number of anilines is 1. The first-order chi connectivity index (χ1) is 11.6. The zero-order chi connectivity index (χ0) is 17.4. The van der Waals surface area contributed by atoms with Crippen molar-refractivity contribution < 1.29 is 9.59 Å². The van der Waals surface area contributed by atoms with Gasteiger partial charge in [-0.15, -0.1) is 0 Å². The maximum Gasteiger partial charge on any atom is 0.251 e. The van der Waals surface area contributed by atoms with E-state index in [1.807, 2.05) is 43.5 Å². The summed E-state index contributed by atoms with van der Waals surface area (Å²) >= 11 is 1.65. The maximum absolute atomic E-state index is 12.6. The quantitative estimate of drug-likeness (QED) is 0.810. The molecular formula is C19H22N2O2S. The second-order valence-electron chi connectivity index (χ2n) is 5.53. The van der Waals surface area contributed by atoms with Gasteiger partial charge in [-0.05, 0) is 55.2 Å². The molecule has 2 aromatic carbocycles. The van der Waals surface area contributed by atoms with Crippen LogP contribution in [0.25, 0.3) is 0 Å². The molecule has 1 atom stereocenters. The van der Waals surface area contributed by atoms with E-state index in [9.17, 15) is 9.59 Å². The lowest BCUT2D eigenvalue weighted by Crippen LogP contribution is -2.44. The standard InChI is InChI=1S/C19H22N2O2S/c1-14-7-6-10-16(13-14)20-19(23)17(11-12-24-2)21-18(22)15-8-4-3-5-9-15/h3-10,13,17H,11-12H2,1-2H3,(H,20,23)(H,21,22)/t17-/m0/s1. The van der Waals surface area contributed by atoms with Crippen molar-refractivity contribution in [2.45, 2.75) is 19.4 Å². The fourth-order valence-electron chi connectivity index (χ4n) is 2.29. The highest BCUT2D eigenvalue weighted by Crippen LogP contribution is 2.11. The van der Waals surface area contributed by atoms with Crippen molar-refractivity contribution in [3.05, 3.63) is 65.7 Å². The van der Waals surface area contributed by atoms with Crippen LogP contribution in [0.1, 0.15) is 22.3 Å². The smallest absolute Gasteiger partial charge is 0.251 e. The van der Waals surface area contributed by atoms with E-state index >= 15 is 0 Å². The van der Waals surface area contributed by atoms with Gasteiger partial charge in [-0.1, -0.05) is 30.3 Å². The highest BCUT2D eigenvalue weighted by molar-refractivity contribution is 7.98. The van der Waals surface area contributed by atoms with Gasteiger partial charge in [0.05, 0.1) is 0 Å². The molecule has 0 spiro atoms. The fourth-order valence-corrected chi connectivity index (χ4v) is 2.76. The number of hydrogen-bond donors (Lipinski definition) is 2. The molecule has 0 aliphatic heterocycles. The summed E-state index contributed by atoms with van der Waals surface area (Å²) in [6.07, 6.45) is 2.56. The van der Waals surface area contributed by atoms with Crippen LogP contribution in [0.2, 0.25) is 0 Å². The molecule has 126 valence electrons. The molecular weight excluding hydrogens is 320 g/mol. The van der Waals surface area contributed by atoms with E-state index in [0.29, 0.717) is 12.0 Å². The molecule has 0 saturated heterocycles. The van der Waals surface area contributed by atoms with Gasteiger partial charge in [0.15, 0.2) is 0 Å². The lowest BCUT2D eigenvalue weighted by Gasteiger charge is -2.18. The SMILES string of the molecule is CSCC[C@H](NC(=O)c1ccccc1)C(=O)Nc1cccc(C)c1. The summed E-state index contributed by atoms with van der Waals surface area (Å²) in [4.78, 5) is 24.9. The Morgan fingerprint density at radius 3 is 2.50 bits per heavy atom. The molecule has 5 heteroatoms. The summed E-state index contributed by atoms with van der Waals surface area (Å²) in [5.41, 5.74) is 2.36. The van der Waals surface area contributed by atoms with E-state index in [0.717, 1.165) is 17.0 Å². The van der Waals surface area contributed by atoms with Gasteiger partial charge in [0.1, 0.15) is 6.04 Å². The number of rotatable bonds is 7. The number of carbonyl (C=O) groups excluding carboxylic acids is 2. The summed E-state index contributed by atoms with van der Waals surface area (Å²) in [5, 5.41) is 5.72. The zero-order valence-corrected chi connectivity index (χ0v) is 14.7. The molecule has 0 aliphatic rings. The molecule has 0 bridgehead atoms. The Labute approximate surface area is 147 Å². The number of benzene rings is 2. The van der Waals surface area contributed by atoms with Crippen molar-refractivity contribution in [1.82, 2.24) is 5.32 Å². The van der Waals surface area contributed by atoms with Crippen LogP contribution < -0.4 is 10.6 Å². The second kappa shape index (κ2) is 9.13. The first-order valence-corrected chi connectivity index (χ1v) is 9.22. The number of carbonyl (C=O) groups is 2. The average Bonchev–Trinajstić information content (AvgIpc) is 2.59. The Kier molecular flexibility index (Phi) is 6.88. The number of aryl methyl sites for hydroxylation is 1. The van der Waals surface area contributed by atoms with Crippen molar-refractivity contribution in [2.75, 3.05) is 17.3 Å². The van der Waals surface area contributed by atoms with Crippen molar-refractivity contribution >= 4 is 29.3 Å². The van der Waals surface area contributed by atoms with Gasteiger partial charge in [-0.2, -0.15) is 11.8 Å². The topological polar surface area (TPSA) is 58.2 Å². The monoisotopic (exact) mass is 342 g/mol. The lowest BCUT2D eigenvalue weighted by atomic mass is 10.1. The largest absolute Gasteiger partial charge is 0.340 e. The van der Waals surface area contributed by atoms with Gasteiger partial charge in [0.2, 0.25) is 5.91 Å². The minimum absolute atomic E-state index is 0.195. The predicted octanol–water partition coefficient (Wildman–Crippen LogP) is 3.49. The van der Waals surface area contributed by atoms with E-state index in [1.165, 1.54) is 0 Å². The number of amides is 2. The Morgan fingerprint density at radius 1 is 1.08 bits per heavy atom. The average molecular weight is 342 g/mol. The van der Waals surface area contributed by atoms with Crippen LogP contribution in [-0.4, -0.2) is 29.9 Å². The molecule has 2 aromatic rings. The third-order valence-electron chi connectivity index (χ3n) is 3.55. The van der Waals surface area contributed by atoms with Crippen molar-refractivity contribution in [3.8, 4) is 0 Å². The molecule has 0 saturated carbocycles. The molecule has 0 aliphatic carbocycles. The van der Waals surface area contributed by atoms with Crippen LogP contribution in [0.15, 0.2) is 54.6 Å². The van der Waals surface area contributed by atoms with Crippen LogP contribution in [0, 0.1) is 6.92 Å². The highest BCUT2D eigenvalue weighted by atomic mass is 32.2. The number of thioether (sulfide) groups is 1. The Morgan fingerprint density at radius 2 is 1.83 bits per heavy atom. The third-order valence-corrected chi connectivity index (χ3v) is 4.20. The normalized spacial score (nSPS) is 11.6. The van der Waals surface area contributed by atoms with Crippen LogP contribution in [0.3, 0.4) is 0 Å².